The molecule has 5 heteroatoms. The summed E-state index contributed by atoms with van der Waals surface area (Å²) in [6, 6.07) is 19.5. The minimum Gasteiger partial charge on any atom is -0.378 e. The molecule has 0 spiro atoms. The van der Waals surface area contributed by atoms with Crippen LogP contribution in [-0.2, 0) is 0 Å². The lowest BCUT2D eigenvalue weighted by Gasteiger charge is -2.22. The van der Waals surface area contributed by atoms with Gasteiger partial charge in [-0.1, -0.05) is 18.2 Å². The molecule has 28 heavy (non-hydrogen) atoms. The molecule has 0 saturated carbocycles. The Labute approximate surface area is 174 Å². The molecular formula is C23H23N3S2. The smallest absolute Gasteiger partial charge is 0.0815 e. The van der Waals surface area contributed by atoms with E-state index in [1.165, 1.54) is 32.3 Å². The summed E-state index contributed by atoms with van der Waals surface area (Å²) >= 11 is 3.45. The van der Waals surface area contributed by atoms with Crippen LogP contribution in [0.25, 0.3) is 32.3 Å². The number of benzene rings is 1. The molecule has 0 fully saturated rings. The van der Waals surface area contributed by atoms with Crippen molar-refractivity contribution in [2.24, 2.45) is 0 Å². The van der Waals surface area contributed by atoms with Gasteiger partial charge < -0.3 is 9.80 Å². The van der Waals surface area contributed by atoms with Gasteiger partial charge in [0.25, 0.3) is 0 Å². The minimum absolute atomic E-state index is 1.03. The van der Waals surface area contributed by atoms with Gasteiger partial charge in [0.05, 0.1) is 21.1 Å². The van der Waals surface area contributed by atoms with Gasteiger partial charge in [-0.15, -0.1) is 22.7 Å². The third-order valence-electron chi connectivity index (χ3n) is 4.66. The SMILES string of the molecule is CN(C)c1ccc(-c2cc(-c3cccs3)nc(-c3cccs3)c2)c(N(C)C)c1. The number of rotatable bonds is 5. The third kappa shape index (κ3) is 3.68. The van der Waals surface area contributed by atoms with E-state index in [1.807, 2.05) is 0 Å². The van der Waals surface area contributed by atoms with Gasteiger partial charge in [0.2, 0.25) is 0 Å². The molecule has 0 saturated heterocycles. The van der Waals surface area contributed by atoms with Crippen molar-refractivity contribution in [1.29, 1.82) is 0 Å². The van der Waals surface area contributed by atoms with Gasteiger partial charge in [0.15, 0.2) is 0 Å². The lowest BCUT2D eigenvalue weighted by atomic mass is 10.0. The van der Waals surface area contributed by atoms with Gasteiger partial charge >= 0.3 is 0 Å². The van der Waals surface area contributed by atoms with Crippen LogP contribution in [0.2, 0.25) is 0 Å². The number of hydrogen-bond donors (Lipinski definition) is 0. The standard InChI is InChI=1S/C23H23N3S2/c1-25(2)17-9-10-18(21(15-17)26(3)4)16-13-19(22-7-5-11-27-22)24-20(14-16)23-8-6-12-28-23/h5-15H,1-4H3. The highest BCUT2D eigenvalue weighted by Crippen LogP contribution is 2.38. The van der Waals surface area contributed by atoms with Crippen LogP contribution < -0.4 is 9.80 Å². The lowest BCUT2D eigenvalue weighted by molar-refractivity contribution is 1.10. The summed E-state index contributed by atoms with van der Waals surface area (Å²) in [4.78, 5) is 11.7. The molecule has 0 aliphatic rings. The first kappa shape index (κ1) is 18.7. The fraction of sp³-hybridized carbons (Fsp3) is 0.174. The summed E-state index contributed by atoms with van der Waals surface area (Å²) in [6.07, 6.45) is 0. The van der Waals surface area contributed by atoms with E-state index in [2.05, 4.69) is 103 Å². The summed E-state index contributed by atoms with van der Waals surface area (Å²) in [5.74, 6) is 0. The van der Waals surface area contributed by atoms with Crippen molar-refractivity contribution in [2.75, 3.05) is 38.0 Å². The minimum atomic E-state index is 1.03. The summed E-state index contributed by atoms with van der Waals surface area (Å²) in [5.41, 5.74) is 6.85. The fourth-order valence-electron chi connectivity index (χ4n) is 3.20. The van der Waals surface area contributed by atoms with E-state index in [1.54, 1.807) is 22.7 Å². The summed E-state index contributed by atoms with van der Waals surface area (Å²) in [5, 5.41) is 4.21. The molecular weight excluding hydrogens is 382 g/mol. The third-order valence-corrected chi connectivity index (χ3v) is 6.45. The van der Waals surface area contributed by atoms with Gasteiger partial charge in [0, 0.05) is 45.1 Å². The first-order chi connectivity index (χ1) is 13.5. The van der Waals surface area contributed by atoms with Crippen LogP contribution in [0.4, 0.5) is 11.4 Å². The molecule has 3 heterocycles. The normalized spacial score (nSPS) is 10.9. The Balaban J connectivity index is 1.92. The zero-order valence-corrected chi connectivity index (χ0v) is 18.1. The first-order valence-electron chi connectivity index (χ1n) is 9.12. The number of anilines is 2. The second-order valence-electron chi connectivity index (χ2n) is 7.07. The number of nitrogens with zero attached hydrogens (tertiary/aromatic N) is 3. The van der Waals surface area contributed by atoms with Crippen LogP contribution in [-0.4, -0.2) is 33.2 Å². The Morgan fingerprint density at radius 1 is 0.714 bits per heavy atom. The quantitative estimate of drug-likeness (QED) is 0.386. The topological polar surface area (TPSA) is 19.4 Å². The molecule has 3 nitrogen and oxygen atoms in total. The van der Waals surface area contributed by atoms with Crippen LogP contribution >= 0.6 is 22.7 Å². The van der Waals surface area contributed by atoms with Crippen LogP contribution in [0.1, 0.15) is 0 Å². The molecule has 0 unspecified atom stereocenters. The number of thiophene rings is 2. The Morgan fingerprint density at radius 3 is 1.79 bits per heavy atom. The van der Waals surface area contributed by atoms with Crippen LogP contribution in [0.3, 0.4) is 0 Å². The monoisotopic (exact) mass is 405 g/mol. The molecule has 0 aliphatic heterocycles. The van der Waals surface area contributed by atoms with Crippen molar-refractivity contribution in [1.82, 2.24) is 4.98 Å². The molecule has 4 aromatic rings. The second kappa shape index (κ2) is 7.78. The van der Waals surface area contributed by atoms with Gasteiger partial charge in [-0.2, -0.15) is 0 Å². The van der Waals surface area contributed by atoms with Gasteiger partial charge in [-0.25, -0.2) is 4.98 Å². The summed E-state index contributed by atoms with van der Waals surface area (Å²) in [7, 11) is 8.34. The highest BCUT2D eigenvalue weighted by Gasteiger charge is 2.14. The maximum Gasteiger partial charge on any atom is 0.0815 e. The van der Waals surface area contributed by atoms with E-state index in [-0.39, 0.29) is 0 Å². The molecule has 0 bridgehead atoms. The fourth-order valence-corrected chi connectivity index (χ4v) is 4.57. The Morgan fingerprint density at radius 2 is 1.32 bits per heavy atom. The van der Waals surface area contributed by atoms with Crippen LogP contribution in [0, 0.1) is 0 Å². The largest absolute Gasteiger partial charge is 0.378 e. The van der Waals surface area contributed by atoms with E-state index >= 15 is 0 Å². The molecule has 3 aromatic heterocycles. The van der Waals surface area contributed by atoms with Gasteiger partial charge in [-0.05, 0) is 52.7 Å². The van der Waals surface area contributed by atoms with E-state index in [4.69, 9.17) is 4.98 Å². The average Bonchev–Trinajstić information content (AvgIpc) is 3.41. The molecule has 1 aromatic carbocycles. The zero-order chi connectivity index (χ0) is 19.7. The zero-order valence-electron chi connectivity index (χ0n) is 16.5. The van der Waals surface area contributed by atoms with Crippen molar-refractivity contribution in [3.63, 3.8) is 0 Å². The van der Waals surface area contributed by atoms with Crippen molar-refractivity contribution < 1.29 is 0 Å². The van der Waals surface area contributed by atoms with E-state index in [0.29, 0.717) is 0 Å². The predicted octanol–water partition coefficient (Wildman–Crippen LogP) is 6.34. The summed E-state index contributed by atoms with van der Waals surface area (Å²) < 4.78 is 0. The molecule has 4 rings (SSSR count). The highest BCUT2D eigenvalue weighted by atomic mass is 32.1. The van der Waals surface area contributed by atoms with Crippen LogP contribution in [0.15, 0.2) is 65.4 Å². The summed E-state index contributed by atoms with van der Waals surface area (Å²) in [6.45, 7) is 0. The van der Waals surface area contributed by atoms with Crippen molar-refractivity contribution in [2.45, 2.75) is 0 Å². The molecule has 0 radical (unpaired) electrons. The average molecular weight is 406 g/mol. The second-order valence-corrected chi connectivity index (χ2v) is 8.97. The molecule has 0 atom stereocenters. The Kier molecular flexibility index (Phi) is 5.20. The van der Waals surface area contributed by atoms with Crippen molar-refractivity contribution in [3.05, 3.63) is 65.4 Å². The number of hydrogen-bond acceptors (Lipinski definition) is 5. The van der Waals surface area contributed by atoms with Gasteiger partial charge in [0.1, 0.15) is 0 Å². The number of pyridine rings is 1. The lowest BCUT2D eigenvalue weighted by Crippen LogP contribution is -2.13. The molecule has 0 N–H and O–H groups in total. The van der Waals surface area contributed by atoms with Gasteiger partial charge in [-0.3, -0.25) is 0 Å². The maximum absolute atomic E-state index is 4.96. The molecule has 0 amide bonds. The maximum atomic E-state index is 4.96. The Bertz CT molecular complexity index is 1010. The molecule has 142 valence electrons. The number of aromatic nitrogens is 1. The predicted molar refractivity (Wildman–Crippen MR) is 125 cm³/mol. The van der Waals surface area contributed by atoms with Crippen LogP contribution in [0.5, 0.6) is 0 Å². The highest BCUT2D eigenvalue weighted by molar-refractivity contribution is 7.13. The van der Waals surface area contributed by atoms with E-state index in [0.717, 1.165) is 11.4 Å². The van der Waals surface area contributed by atoms with Crippen molar-refractivity contribution >= 4 is 34.0 Å². The Hall–Kier alpha value is -2.63. The van der Waals surface area contributed by atoms with E-state index in [9.17, 15) is 0 Å². The molecule has 0 aliphatic carbocycles. The van der Waals surface area contributed by atoms with E-state index < -0.39 is 0 Å². The van der Waals surface area contributed by atoms with Crippen molar-refractivity contribution in [3.8, 4) is 32.3 Å². The first-order valence-corrected chi connectivity index (χ1v) is 10.9.